The molecule has 7 nitrogen and oxygen atoms in total. The molecule has 45 heavy (non-hydrogen) atoms. The number of likely N-dealkylation sites (N-methyl/N-ethyl adjacent to an activating group) is 1. The molecule has 0 radical (unpaired) electrons. The third kappa shape index (κ3) is 7.83. The molecule has 4 aromatic rings. The molecule has 0 fully saturated rings. The Labute approximate surface area is 267 Å². The van der Waals surface area contributed by atoms with Crippen molar-refractivity contribution in [3.05, 3.63) is 101 Å². The lowest BCUT2D eigenvalue weighted by molar-refractivity contribution is -0.141. The number of carbonyl (C=O) groups excluding carboxylic acids is 3. The van der Waals surface area contributed by atoms with E-state index in [0.717, 1.165) is 66.2 Å². The summed E-state index contributed by atoms with van der Waals surface area (Å²) >= 11 is 0. The van der Waals surface area contributed by atoms with E-state index in [1.807, 2.05) is 50.4 Å². The number of nitrogens with one attached hydrogen (secondary N) is 1. The largest absolute Gasteiger partial charge is 0.423 e. The number of unbranched alkanes of at least 4 members (excludes halogenated alkanes) is 4. The first-order chi connectivity index (χ1) is 21.7. The number of hydrogen-bond donors (Lipinski definition) is 1. The maximum Gasteiger partial charge on any atom is 0.343 e. The predicted molar refractivity (Wildman–Crippen MR) is 180 cm³/mol. The first-order valence-corrected chi connectivity index (χ1v) is 16.2. The number of hydrogen-bond acceptors (Lipinski definition) is 4. The van der Waals surface area contributed by atoms with Gasteiger partial charge >= 0.3 is 5.97 Å². The van der Waals surface area contributed by atoms with E-state index in [9.17, 15) is 14.4 Å². The van der Waals surface area contributed by atoms with Gasteiger partial charge in [0.15, 0.2) is 0 Å². The second kappa shape index (κ2) is 15.6. The Morgan fingerprint density at radius 1 is 0.867 bits per heavy atom. The van der Waals surface area contributed by atoms with Crippen molar-refractivity contribution in [2.75, 3.05) is 13.6 Å². The lowest BCUT2D eigenvalue weighted by Crippen LogP contribution is -2.56. The minimum absolute atomic E-state index is 0.129. The van der Waals surface area contributed by atoms with Crippen molar-refractivity contribution in [1.29, 1.82) is 0 Å². The van der Waals surface area contributed by atoms with Gasteiger partial charge in [-0.2, -0.15) is 0 Å². The maximum absolute atomic E-state index is 14.7. The molecule has 0 aliphatic heterocycles. The molecule has 0 saturated heterocycles. The number of esters is 1. The number of fused-ring (bicyclic) bond motifs is 1. The molecule has 0 saturated carbocycles. The van der Waals surface area contributed by atoms with E-state index in [1.54, 1.807) is 35.2 Å². The van der Waals surface area contributed by atoms with E-state index in [2.05, 4.69) is 35.9 Å². The fraction of sp³-hybridized carbons (Fsp3) is 0.395. The highest BCUT2D eigenvalue weighted by Crippen LogP contribution is 2.41. The van der Waals surface area contributed by atoms with Crippen LogP contribution in [0.15, 0.2) is 78.9 Å². The Morgan fingerprint density at radius 2 is 1.53 bits per heavy atom. The molecule has 7 heteroatoms. The Morgan fingerprint density at radius 3 is 2.18 bits per heavy atom. The Hall–Kier alpha value is -4.39. The van der Waals surface area contributed by atoms with Gasteiger partial charge in [0, 0.05) is 49.2 Å². The highest BCUT2D eigenvalue weighted by molar-refractivity contribution is 5.99. The third-order valence-corrected chi connectivity index (χ3v) is 8.48. The first kappa shape index (κ1) is 33.5. The van der Waals surface area contributed by atoms with Gasteiger partial charge in [-0.1, -0.05) is 94.5 Å². The molecule has 1 aromatic heterocycles. The summed E-state index contributed by atoms with van der Waals surface area (Å²) in [5, 5.41) is 3.97. The fourth-order valence-electron chi connectivity index (χ4n) is 6.23. The van der Waals surface area contributed by atoms with Gasteiger partial charge in [-0.3, -0.25) is 9.59 Å². The minimum Gasteiger partial charge on any atom is -0.423 e. The standard InChI is InChI=1S/C38H47N3O4/c1-6-8-10-17-24-38(39-29(4)42,37(44)40(5)25-9-7-2)35-28(3)41(27-30-18-13-11-14-19-30)34-23-22-32(26-33(34)35)45-36(43)31-20-15-12-16-21-31/h11-16,18-23,26H,6-10,17,24-25,27H2,1-5H3,(H,39,42). The zero-order valence-corrected chi connectivity index (χ0v) is 27.4. The van der Waals surface area contributed by atoms with Crippen LogP contribution in [-0.2, 0) is 21.7 Å². The quantitative estimate of drug-likeness (QED) is 0.0848. The number of nitrogens with zero attached hydrogens (tertiary/aromatic N) is 2. The normalized spacial score (nSPS) is 12.5. The SMILES string of the molecule is CCCCCCC(NC(C)=O)(C(=O)N(C)CCCC)c1c(C)n(Cc2ccccc2)c2ccc(OC(=O)c3ccccc3)cc12. The van der Waals surface area contributed by atoms with Crippen molar-refractivity contribution in [2.45, 2.75) is 84.7 Å². The van der Waals surface area contributed by atoms with E-state index in [-0.39, 0.29) is 11.8 Å². The van der Waals surface area contributed by atoms with Crippen LogP contribution in [0.1, 0.15) is 92.9 Å². The number of rotatable bonds is 15. The van der Waals surface area contributed by atoms with Crippen molar-refractivity contribution in [3.63, 3.8) is 0 Å². The van der Waals surface area contributed by atoms with Crippen molar-refractivity contribution in [2.24, 2.45) is 0 Å². The zero-order valence-electron chi connectivity index (χ0n) is 27.4. The van der Waals surface area contributed by atoms with Crippen LogP contribution in [0.3, 0.4) is 0 Å². The van der Waals surface area contributed by atoms with Crippen LogP contribution in [0.25, 0.3) is 10.9 Å². The van der Waals surface area contributed by atoms with Crippen molar-refractivity contribution in [1.82, 2.24) is 14.8 Å². The maximum atomic E-state index is 14.7. The summed E-state index contributed by atoms with van der Waals surface area (Å²) in [6, 6.07) is 24.7. The van der Waals surface area contributed by atoms with E-state index in [1.165, 1.54) is 6.92 Å². The molecule has 1 unspecified atom stereocenters. The van der Waals surface area contributed by atoms with Crippen molar-refractivity contribution < 1.29 is 19.1 Å². The van der Waals surface area contributed by atoms with Crippen LogP contribution >= 0.6 is 0 Å². The van der Waals surface area contributed by atoms with Gasteiger partial charge in [-0.05, 0) is 55.7 Å². The van der Waals surface area contributed by atoms with Crippen LogP contribution in [0.5, 0.6) is 5.75 Å². The topological polar surface area (TPSA) is 80.6 Å². The summed E-state index contributed by atoms with van der Waals surface area (Å²) in [5.74, 6) is -0.474. The summed E-state index contributed by atoms with van der Waals surface area (Å²) < 4.78 is 8.07. The smallest absolute Gasteiger partial charge is 0.343 e. The number of carbonyl (C=O) groups is 3. The highest BCUT2D eigenvalue weighted by atomic mass is 16.5. The number of benzene rings is 3. The van der Waals surface area contributed by atoms with Crippen LogP contribution in [0, 0.1) is 6.92 Å². The Bertz CT molecular complexity index is 1600. The molecule has 2 amide bonds. The molecule has 0 bridgehead atoms. The molecule has 0 aliphatic rings. The molecule has 1 heterocycles. The van der Waals surface area contributed by atoms with Crippen molar-refractivity contribution >= 4 is 28.7 Å². The average molecular weight is 610 g/mol. The molecular weight excluding hydrogens is 562 g/mol. The molecule has 1 atom stereocenters. The van der Waals surface area contributed by atoms with Gasteiger partial charge in [0.1, 0.15) is 11.3 Å². The van der Waals surface area contributed by atoms with Gasteiger partial charge in [-0.15, -0.1) is 0 Å². The summed E-state index contributed by atoms with van der Waals surface area (Å²) in [5.41, 5.74) is 2.81. The van der Waals surface area contributed by atoms with E-state index >= 15 is 0 Å². The van der Waals surface area contributed by atoms with Crippen LogP contribution < -0.4 is 10.1 Å². The van der Waals surface area contributed by atoms with Gasteiger partial charge in [0.25, 0.3) is 5.91 Å². The lowest BCUT2D eigenvalue weighted by Gasteiger charge is -2.37. The predicted octanol–water partition coefficient (Wildman–Crippen LogP) is 7.78. The third-order valence-electron chi connectivity index (χ3n) is 8.48. The first-order valence-electron chi connectivity index (χ1n) is 16.2. The zero-order chi connectivity index (χ0) is 32.4. The summed E-state index contributed by atoms with van der Waals surface area (Å²) in [7, 11) is 1.83. The minimum atomic E-state index is -1.30. The summed E-state index contributed by atoms with van der Waals surface area (Å²) in [6.07, 6.45) is 6.10. The number of ether oxygens (including phenoxy) is 1. The Balaban J connectivity index is 1.95. The van der Waals surface area contributed by atoms with Crippen molar-refractivity contribution in [3.8, 4) is 5.75 Å². The molecule has 1 N–H and O–H groups in total. The van der Waals surface area contributed by atoms with E-state index in [4.69, 9.17) is 4.74 Å². The molecule has 0 spiro atoms. The van der Waals surface area contributed by atoms with Crippen LogP contribution in [0.4, 0.5) is 0 Å². The average Bonchev–Trinajstić information content (AvgIpc) is 3.31. The number of amides is 2. The van der Waals surface area contributed by atoms with Gasteiger partial charge < -0.3 is 19.5 Å². The molecule has 4 rings (SSSR count). The highest BCUT2D eigenvalue weighted by Gasteiger charge is 2.46. The van der Waals surface area contributed by atoms with Gasteiger partial charge in [0.05, 0.1) is 5.56 Å². The monoisotopic (exact) mass is 609 g/mol. The fourth-order valence-corrected chi connectivity index (χ4v) is 6.23. The van der Waals surface area contributed by atoms with Crippen LogP contribution in [-0.4, -0.2) is 40.8 Å². The second-order valence-corrected chi connectivity index (χ2v) is 11.9. The van der Waals surface area contributed by atoms with Gasteiger partial charge in [0.2, 0.25) is 5.91 Å². The summed E-state index contributed by atoms with van der Waals surface area (Å²) in [4.78, 5) is 42.5. The van der Waals surface area contributed by atoms with E-state index in [0.29, 0.717) is 30.8 Å². The molecular formula is C38H47N3O4. The number of aromatic nitrogens is 1. The van der Waals surface area contributed by atoms with E-state index < -0.39 is 11.5 Å². The second-order valence-electron chi connectivity index (χ2n) is 11.9. The Kier molecular flexibility index (Phi) is 11.6. The lowest BCUT2D eigenvalue weighted by atomic mass is 9.81. The molecule has 238 valence electrons. The van der Waals surface area contributed by atoms with Gasteiger partial charge in [-0.25, -0.2) is 4.79 Å². The molecule has 0 aliphatic carbocycles. The molecule has 3 aromatic carbocycles. The summed E-state index contributed by atoms with van der Waals surface area (Å²) in [6.45, 7) is 8.93. The van der Waals surface area contributed by atoms with Crippen LogP contribution in [0.2, 0.25) is 0 Å².